The maximum atomic E-state index is 12.8. The average molecular weight is 459 g/mol. The molecular formula is C24H33F3O5. The minimum Gasteiger partial charge on any atom is -0.481 e. The van der Waals surface area contributed by atoms with Gasteiger partial charge >= 0.3 is 12.1 Å². The van der Waals surface area contributed by atoms with E-state index < -0.39 is 36.0 Å². The summed E-state index contributed by atoms with van der Waals surface area (Å²) < 4.78 is 38.5. The molecule has 5 nitrogen and oxygen atoms in total. The average Bonchev–Trinajstić information content (AvgIpc) is 2.99. The quantitative estimate of drug-likeness (QED) is 0.276. The molecular weight excluding hydrogens is 425 g/mol. The molecule has 1 aromatic rings. The van der Waals surface area contributed by atoms with Gasteiger partial charge < -0.3 is 20.4 Å². The number of alkyl halides is 3. The van der Waals surface area contributed by atoms with E-state index in [4.69, 9.17) is 5.11 Å². The van der Waals surface area contributed by atoms with E-state index in [0.29, 0.717) is 50.5 Å². The Morgan fingerprint density at radius 1 is 1.12 bits per heavy atom. The molecule has 0 bridgehead atoms. The van der Waals surface area contributed by atoms with Crippen LogP contribution in [0.25, 0.3) is 0 Å². The SMILES string of the molecule is O=C(O)CCCC=CC[C@@H]1[C@@H](CC[C@H](O)CCc2cccc(C(F)(F)F)c2)[C@H](O)C[C@@H]1O. The molecule has 5 atom stereocenters. The lowest BCUT2D eigenvalue weighted by Gasteiger charge is -2.23. The predicted molar refractivity (Wildman–Crippen MR) is 114 cm³/mol. The van der Waals surface area contributed by atoms with Crippen molar-refractivity contribution in [2.75, 3.05) is 0 Å². The summed E-state index contributed by atoms with van der Waals surface area (Å²) in [6.45, 7) is 0. The molecule has 1 fully saturated rings. The Bertz CT molecular complexity index is 749. The molecule has 0 heterocycles. The number of aryl methyl sites for hydroxylation is 1. The minimum atomic E-state index is -4.40. The van der Waals surface area contributed by atoms with Crippen LogP contribution >= 0.6 is 0 Å². The maximum Gasteiger partial charge on any atom is 0.416 e. The summed E-state index contributed by atoms with van der Waals surface area (Å²) in [6, 6.07) is 5.09. The molecule has 1 aliphatic carbocycles. The van der Waals surface area contributed by atoms with Crippen LogP contribution in [0.3, 0.4) is 0 Å². The molecule has 0 spiro atoms. The van der Waals surface area contributed by atoms with Gasteiger partial charge in [0, 0.05) is 6.42 Å². The third-order valence-electron chi connectivity index (χ3n) is 6.21. The molecule has 0 aromatic heterocycles. The van der Waals surface area contributed by atoms with E-state index in [1.165, 1.54) is 6.07 Å². The van der Waals surface area contributed by atoms with Crippen molar-refractivity contribution >= 4 is 5.97 Å². The van der Waals surface area contributed by atoms with E-state index in [2.05, 4.69) is 0 Å². The Hall–Kier alpha value is -1.90. The Labute approximate surface area is 186 Å². The molecule has 8 heteroatoms. The van der Waals surface area contributed by atoms with Crippen molar-refractivity contribution in [1.29, 1.82) is 0 Å². The summed E-state index contributed by atoms with van der Waals surface area (Å²) in [6.07, 6.45) is 1.08. The molecule has 0 radical (unpaired) electrons. The molecule has 4 N–H and O–H groups in total. The Kier molecular flexibility index (Phi) is 10.2. The second-order valence-electron chi connectivity index (χ2n) is 8.66. The van der Waals surface area contributed by atoms with Gasteiger partial charge in [0.25, 0.3) is 0 Å². The summed E-state index contributed by atoms with van der Waals surface area (Å²) >= 11 is 0. The zero-order valence-corrected chi connectivity index (χ0v) is 18.0. The summed E-state index contributed by atoms with van der Waals surface area (Å²) in [5, 5.41) is 39.6. The second-order valence-corrected chi connectivity index (χ2v) is 8.66. The number of carbonyl (C=O) groups is 1. The van der Waals surface area contributed by atoms with E-state index in [-0.39, 0.29) is 24.7 Å². The van der Waals surface area contributed by atoms with Crippen LogP contribution in [0.2, 0.25) is 0 Å². The number of aliphatic hydroxyl groups is 3. The van der Waals surface area contributed by atoms with Gasteiger partial charge in [0.2, 0.25) is 0 Å². The first-order valence-corrected chi connectivity index (χ1v) is 11.1. The number of unbranched alkanes of at least 4 members (excludes halogenated alkanes) is 1. The van der Waals surface area contributed by atoms with Crippen LogP contribution in [0.5, 0.6) is 0 Å². The third kappa shape index (κ3) is 8.56. The number of hydrogen-bond donors (Lipinski definition) is 4. The highest BCUT2D eigenvalue weighted by molar-refractivity contribution is 5.66. The van der Waals surface area contributed by atoms with Gasteiger partial charge in [-0.25, -0.2) is 0 Å². The lowest BCUT2D eigenvalue weighted by molar-refractivity contribution is -0.138. The van der Waals surface area contributed by atoms with Crippen molar-refractivity contribution in [3.63, 3.8) is 0 Å². The van der Waals surface area contributed by atoms with Crippen molar-refractivity contribution < 1.29 is 38.4 Å². The molecule has 0 amide bonds. The Morgan fingerprint density at radius 2 is 1.84 bits per heavy atom. The highest BCUT2D eigenvalue weighted by Gasteiger charge is 2.40. The standard InChI is InChI=1S/C24H33F3O5/c25-24(26,27)17-7-5-6-16(14-17)10-11-18(28)12-13-20-19(21(29)15-22(20)30)8-3-1-2-4-9-23(31)32/h1,3,5-7,14,18-22,28-30H,2,4,8-13,15H2,(H,31,32)/t18-,19-,20-,21+,22-/m1/s1. The van der Waals surface area contributed by atoms with Crippen molar-refractivity contribution in [3.05, 3.63) is 47.5 Å². The van der Waals surface area contributed by atoms with Crippen LogP contribution in [-0.4, -0.2) is 44.7 Å². The van der Waals surface area contributed by atoms with Gasteiger partial charge in [-0.3, -0.25) is 4.79 Å². The summed E-state index contributed by atoms with van der Waals surface area (Å²) in [5.41, 5.74) is -0.187. The second kappa shape index (κ2) is 12.4. The Balaban J connectivity index is 1.80. The molecule has 180 valence electrons. The van der Waals surface area contributed by atoms with E-state index in [1.54, 1.807) is 6.07 Å². The number of aliphatic hydroxyl groups excluding tert-OH is 3. The minimum absolute atomic E-state index is 0.107. The van der Waals surface area contributed by atoms with Crippen molar-refractivity contribution in [2.45, 2.75) is 82.3 Å². The molecule has 1 saturated carbocycles. The largest absolute Gasteiger partial charge is 0.481 e. The first-order chi connectivity index (χ1) is 15.1. The number of allylic oxidation sites excluding steroid dienone is 2. The fraction of sp³-hybridized carbons (Fsp3) is 0.625. The normalized spacial score (nSPS) is 24.8. The number of carboxylic acid groups (broad SMARTS) is 1. The van der Waals surface area contributed by atoms with E-state index >= 15 is 0 Å². The van der Waals surface area contributed by atoms with Crippen LogP contribution < -0.4 is 0 Å². The maximum absolute atomic E-state index is 12.8. The molecule has 2 rings (SSSR count). The van der Waals surface area contributed by atoms with Crippen LogP contribution in [0.15, 0.2) is 36.4 Å². The third-order valence-corrected chi connectivity index (χ3v) is 6.21. The van der Waals surface area contributed by atoms with Crippen LogP contribution in [0, 0.1) is 11.8 Å². The molecule has 0 saturated heterocycles. The fourth-order valence-electron chi connectivity index (χ4n) is 4.41. The van der Waals surface area contributed by atoms with E-state index in [9.17, 15) is 33.3 Å². The molecule has 1 aromatic carbocycles. The fourth-order valence-corrected chi connectivity index (χ4v) is 4.41. The number of benzene rings is 1. The number of hydrogen-bond acceptors (Lipinski definition) is 4. The van der Waals surface area contributed by atoms with Gasteiger partial charge in [-0.2, -0.15) is 13.2 Å². The van der Waals surface area contributed by atoms with Crippen molar-refractivity contribution in [1.82, 2.24) is 0 Å². The number of rotatable bonds is 12. The topological polar surface area (TPSA) is 98.0 Å². The van der Waals surface area contributed by atoms with E-state index in [1.807, 2.05) is 12.2 Å². The predicted octanol–water partition coefficient (Wildman–Crippen LogP) is 4.34. The van der Waals surface area contributed by atoms with Gasteiger partial charge in [-0.1, -0.05) is 30.4 Å². The number of carboxylic acids is 1. The number of aliphatic carboxylic acids is 1. The van der Waals surface area contributed by atoms with Crippen LogP contribution in [0.4, 0.5) is 13.2 Å². The zero-order valence-electron chi connectivity index (χ0n) is 18.0. The van der Waals surface area contributed by atoms with Gasteiger partial charge in [0.15, 0.2) is 0 Å². The first kappa shape index (κ1) is 26.4. The van der Waals surface area contributed by atoms with Gasteiger partial charge in [-0.05, 0) is 74.8 Å². The van der Waals surface area contributed by atoms with Crippen molar-refractivity contribution in [3.8, 4) is 0 Å². The summed E-state index contributed by atoms with van der Waals surface area (Å²) in [5.74, 6) is -1.15. The van der Waals surface area contributed by atoms with Gasteiger partial charge in [-0.15, -0.1) is 0 Å². The highest BCUT2D eigenvalue weighted by Crippen LogP contribution is 2.38. The lowest BCUT2D eigenvalue weighted by Crippen LogP contribution is -2.23. The highest BCUT2D eigenvalue weighted by atomic mass is 19.4. The zero-order chi connectivity index (χ0) is 23.7. The van der Waals surface area contributed by atoms with Crippen LogP contribution in [0.1, 0.15) is 62.5 Å². The molecule has 0 aliphatic heterocycles. The summed E-state index contributed by atoms with van der Waals surface area (Å²) in [7, 11) is 0. The first-order valence-electron chi connectivity index (χ1n) is 11.1. The van der Waals surface area contributed by atoms with Gasteiger partial charge in [0.1, 0.15) is 0 Å². The van der Waals surface area contributed by atoms with Crippen LogP contribution in [-0.2, 0) is 17.4 Å². The molecule has 32 heavy (non-hydrogen) atoms. The monoisotopic (exact) mass is 458 g/mol. The Morgan fingerprint density at radius 3 is 2.53 bits per heavy atom. The summed E-state index contributed by atoms with van der Waals surface area (Å²) in [4.78, 5) is 10.5. The van der Waals surface area contributed by atoms with E-state index in [0.717, 1.165) is 12.1 Å². The molecule has 0 unspecified atom stereocenters. The smallest absolute Gasteiger partial charge is 0.416 e. The lowest BCUT2D eigenvalue weighted by atomic mass is 9.85. The number of halogens is 3. The van der Waals surface area contributed by atoms with Crippen molar-refractivity contribution in [2.24, 2.45) is 11.8 Å². The van der Waals surface area contributed by atoms with Gasteiger partial charge in [0.05, 0.1) is 23.9 Å². The molecule has 1 aliphatic rings.